The van der Waals surface area contributed by atoms with E-state index >= 15 is 0 Å². The van der Waals surface area contributed by atoms with Crippen LogP contribution in [0.2, 0.25) is 0 Å². The van der Waals surface area contributed by atoms with Crippen molar-refractivity contribution in [2.45, 2.75) is 31.8 Å². The first-order valence-electron chi connectivity index (χ1n) is 5.84. The van der Waals surface area contributed by atoms with Crippen LogP contribution in [0.15, 0.2) is 30.3 Å². The summed E-state index contributed by atoms with van der Waals surface area (Å²) in [5.41, 5.74) is 0.899. The van der Waals surface area contributed by atoms with Gasteiger partial charge in [0, 0.05) is 0 Å². The van der Waals surface area contributed by atoms with Crippen LogP contribution in [0.4, 0.5) is 0 Å². The fraction of sp³-hybridized carbons (Fsp3) is 0.500. The molecule has 2 rings (SSSR count). The Balaban J connectivity index is 2.15. The first-order valence-corrected chi connectivity index (χ1v) is 7.32. The second kappa shape index (κ2) is 5.18. The van der Waals surface area contributed by atoms with Crippen LogP contribution in [-0.4, -0.2) is 26.9 Å². The molecular weight excluding hydrogens is 270 g/mol. The molecular formula is C12H17NO5S. The molecule has 1 aromatic carbocycles. The van der Waals surface area contributed by atoms with Crippen molar-refractivity contribution in [2.24, 2.45) is 5.14 Å². The van der Waals surface area contributed by atoms with Crippen LogP contribution in [0.25, 0.3) is 0 Å². The van der Waals surface area contributed by atoms with E-state index in [9.17, 15) is 8.42 Å². The van der Waals surface area contributed by atoms with Gasteiger partial charge in [0.15, 0.2) is 5.79 Å². The second-order valence-electron chi connectivity index (χ2n) is 4.78. The van der Waals surface area contributed by atoms with Gasteiger partial charge >= 0.3 is 10.3 Å². The normalized spacial score (nSPS) is 26.5. The largest absolute Gasteiger partial charge is 0.342 e. The number of ether oxygens (including phenoxy) is 2. The second-order valence-corrected chi connectivity index (χ2v) is 6.00. The third-order valence-corrected chi connectivity index (χ3v) is 3.17. The molecule has 0 radical (unpaired) electrons. The molecule has 19 heavy (non-hydrogen) atoms. The zero-order chi connectivity index (χ0) is 14.1. The quantitative estimate of drug-likeness (QED) is 0.896. The van der Waals surface area contributed by atoms with Crippen molar-refractivity contribution in [3.8, 4) is 0 Å². The van der Waals surface area contributed by atoms with E-state index in [2.05, 4.69) is 4.18 Å². The monoisotopic (exact) mass is 287 g/mol. The molecule has 106 valence electrons. The standard InChI is InChI=1S/C12H17NO5S/c1-12(2)17-10(8-16-19(13,14)15)11(18-12)9-6-4-3-5-7-9/h3-7,10-11H,8H2,1-2H3,(H2,13,14,15). The van der Waals surface area contributed by atoms with Crippen molar-refractivity contribution in [1.29, 1.82) is 0 Å². The summed E-state index contributed by atoms with van der Waals surface area (Å²) in [7, 11) is -3.99. The van der Waals surface area contributed by atoms with Gasteiger partial charge in [-0.1, -0.05) is 30.3 Å². The highest BCUT2D eigenvalue weighted by molar-refractivity contribution is 7.84. The molecule has 2 N–H and O–H groups in total. The SMILES string of the molecule is CC1(C)OC(COS(N)(=O)=O)C(c2ccccc2)O1. The smallest absolute Gasteiger partial charge is 0.333 e. The van der Waals surface area contributed by atoms with Gasteiger partial charge in [-0.2, -0.15) is 8.42 Å². The predicted octanol–water partition coefficient (Wildman–Crippen LogP) is 1.10. The molecule has 0 aromatic heterocycles. The van der Waals surface area contributed by atoms with Gasteiger partial charge in [-0.15, -0.1) is 0 Å². The van der Waals surface area contributed by atoms with Crippen molar-refractivity contribution in [3.05, 3.63) is 35.9 Å². The zero-order valence-electron chi connectivity index (χ0n) is 10.8. The Labute approximate surface area is 112 Å². The van der Waals surface area contributed by atoms with Gasteiger partial charge in [-0.3, -0.25) is 4.18 Å². The van der Waals surface area contributed by atoms with E-state index in [1.165, 1.54) is 0 Å². The molecule has 1 aromatic rings. The maximum Gasteiger partial charge on any atom is 0.333 e. The Bertz CT molecular complexity index is 528. The minimum Gasteiger partial charge on any atom is -0.342 e. The lowest BCUT2D eigenvalue weighted by Gasteiger charge is -2.16. The van der Waals surface area contributed by atoms with Gasteiger partial charge in [0.25, 0.3) is 0 Å². The van der Waals surface area contributed by atoms with Gasteiger partial charge in [0.05, 0.1) is 6.61 Å². The molecule has 0 bridgehead atoms. The van der Waals surface area contributed by atoms with Gasteiger partial charge in [-0.25, -0.2) is 5.14 Å². The summed E-state index contributed by atoms with van der Waals surface area (Å²) in [5.74, 6) is -0.799. The fourth-order valence-electron chi connectivity index (χ4n) is 2.04. The van der Waals surface area contributed by atoms with Crippen LogP contribution in [0.5, 0.6) is 0 Å². The zero-order valence-corrected chi connectivity index (χ0v) is 11.6. The Morgan fingerprint density at radius 3 is 2.47 bits per heavy atom. The molecule has 1 fully saturated rings. The minimum atomic E-state index is -3.99. The first kappa shape index (κ1) is 14.4. The molecule has 6 nitrogen and oxygen atoms in total. The Hall–Kier alpha value is -0.990. The predicted molar refractivity (Wildman–Crippen MR) is 68.3 cm³/mol. The Kier molecular flexibility index (Phi) is 3.93. The summed E-state index contributed by atoms with van der Waals surface area (Å²) in [6.07, 6.45) is -0.923. The molecule has 1 aliphatic rings. The topological polar surface area (TPSA) is 87.9 Å². The third kappa shape index (κ3) is 3.99. The van der Waals surface area contributed by atoms with Crippen LogP contribution >= 0.6 is 0 Å². The lowest BCUT2D eigenvalue weighted by atomic mass is 10.1. The summed E-state index contributed by atoms with van der Waals surface area (Å²) in [6.45, 7) is 3.35. The third-order valence-electron chi connectivity index (χ3n) is 2.71. The molecule has 2 unspecified atom stereocenters. The van der Waals surface area contributed by atoms with E-state index in [1.54, 1.807) is 13.8 Å². The van der Waals surface area contributed by atoms with Crippen molar-refractivity contribution >= 4 is 10.3 Å². The Morgan fingerprint density at radius 1 is 1.26 bits per heavy atom. The summed E-state index contributed by atoms with van der Waals surface area (Å²) >= 11 is 0. The maximum absolute atomic E-state index is 10.9. The van der Waals surface area contributed by atoms with E-state index in [4.69, 9.17) is 14.6 Å². The van der Waals surface area contributed by atoms with Gasteiger partial charge in [0.2, 0.25) is 0 Å². The molecule has 0 spiro atoms. The lowest BCUT2D eigenvalue weighted by Crippen LogP contribution is -2.28. The Morgan fingerprint density at radius 2 is 1.89 bits per heavy atom. The number of hydrogen-bond acceptors (Lipinski definition) is 5. The molecule has 0 amide bonds. The molecule has 0 saturated carbocycles. The molecule has 1 saturated heterocycles. The van der Waals surface area contributed by atoms with Gasteiger partial charge in [0.1, 0.15) is 12.2 Å². The van der Waals surface area contributed by atoms with E-state index in [1.807, 2.05) is 30.3 Å². The van der Waals surface area contributed by atoms with Gasteiger partial charge in [-0.05, 0) is 19.4 Å². The number of benzene rings is 1. The summed E-state index contributed by atoms with van der Waals surface area (Å²) < 4.78 is 37.7. The minimum absolute atomic E-state index is 0.179. The number of nitrogens with two attached hydrogens (primary N) is 1. The average molecular weight is 287 g/mol. The van der Waals surface area contributed by atoms with Crippen LogP contribution in [-0.2, 0) is 24.0 Å². The summed E-state index contributed by atoms with van der Waals surface area (Å²) in [6, 6.07) is 9.42. The van der Waals surface area contributed by atoms with Crippen LogP contribution in [0.3, 0.4) is 0 Å². The van der Waals surface area contributed by atoms with Crippen LogP contribution < -0.4 is 5.14 Å². The summed E-state index contributed by atoms with van der Waals surface area (Å²) in [5, 5.41) is 4.82. The first-order chi connectivity index (χ1) is 8.77. The molecule has 1 heterocycles. The van der Waals surface area contributed by atoms with E-state index < -0.39 is 28.3 Å². The van der Waals surface area contributed by atoms with Crippen molar-refractivity contribution < 1.29 is 22.1 Å². The summed E-state index contributed by atoms with van der Waals surface area (Å²) in [4.78, 5) is 0. The molecule has 7 heteroatoms. The van der Waals surface area contributed by atoms with E-state index in [0.717, 1.165) is 5.56 Å². The van der Waals surface area contributed by atoms with E-state index in [-0.39, 0.29) is 6.61 Å². The maximum atomic E-state index is 10.9. The highest BCUT2D eigenvalue weighted by Gasteiger charge is 2.42. The number of hydrogen-bond donors (Lipinski definition) is 1. The van der Waals surface area contributed by atoms with Crippen LogP contribution in [0, 0.1) is 0 Å². The average Bonchev–Trinajstić information content (AvgIpc) is 2.62. The van der Waals surface area contributed by atoms with Gasteiger partial charge < -0.3 is 9.47 Å². The fourth-order valence-corrected chi connectivity index (χ4v) is 2.37. The van der Waals surface area contributed by atoms with Crippen LogP contribution in [0.1, 0.15) is 25.5 Å². The molecule has 0 aliphatic carbocycles. The highest BCUT2D eigenvalue weighted by Crippen LogP contribution is 2.38. The van der Waals surface area contributed by atoms with E-state index in [0.29, 0.717) is 0 Å². The number of rotatable bonds is 4. The van der Waals surface area contributed by atoms with Crippen molar-refractivity contribution in [1.82, 2.24) is 0 Å². The van der Waals surface area contributed by atoms with Crippen molar-refractivity contribution in [2.75, 3.05) is 6.61 Å². The lowest BCUT2D eigenvalue weighted by molar-refractivity contribution is -0.148. The highest BCUT2D eigenvalue weighted by atomic mass is 32.2. The van der Waals surface area contributed by atoms with Crippen molar-refractivity contribution in [3.63, 3.8) is 0 Å². The molecule has 1 aliphatic heterocycles. The molecule has 2 atom stereocenters.